The highest BCUT2D eigenvalue weighted by Gasteiger charge is 2.37. The second kappa shape index (κ2) is 8.97. The van der Waals surface area contributed by atoms with Gasteiger partial charge in [-0.2, -0.15) is 0 Å². The maximum absolute atomic E-state index is 12.0. The van der Waals surface area contributed by atoms with Gasteiger partial charge in [0.1, 0.15) is 23.3 Å². The van der Waals surface area contributed by atoms with E-state index in [9.17, 15) is 9.90 Å². The van der Waals surface area contributed by atoms with Crippen LogP contribution in [0.25, 0.3) is 0 Å². The van der Waals surface area contributed by atoms with Crippen LogP contribution in [0.1, 0.15) is 36.4 Å². The van der Waals surface area contributed by atoms with Crippen LogP contribution >= 0.6 is 0 Å². The highest BCUT2D eigenvalue weighted by Crippen LogP contribution is 2.43. The summed E-state index contributed by atoms with van der Waals surface area (Å²) in [4.78, 5) is 14.1. The molecule has 0 amide bonds. The molecule has 1 fully saturated rings. The zero-order valence-electron chi connectivity index (χ0n) is 16.6. The van der Waals surface area contributed by atoms with Crippen molar-refractivity contribution in [2.75, 3.05) is 27.9 Å². The number of rotatable bonds is 7. The van der Waals surface area contributed by atoms with Crippen molar-refractivity contribution in [3.63, 3.8) is 0 Å². The van der Waals surface area contributed by atoms with Crippen LogP contribution in [-0.2, 0) is 4.79 Å². The molecule has 2 aromatic rings. The van der Waals surface area contributed by atoms with E-state index >= 15 is 0 Å². The van der Waals surface area contributed by atoms with E-state index in [-0.39, 0.29) is 6.04 Å². The van der Waals surface area contributed by atoms with Crippen LogP contribution in [0, 0.1) is 0 Å². The molecule has 1 aliphatic heterocycles. The number of carboxylic acids is 1. The van der Waals surface area contributed by atoms with Crippen molar-refractivity contribution in [1.82, 2.24) is 4.90 Å². The predicted molar refractivity (Wildman–Crippen MR) is 106 cm³/mol. The number of carboxylic acid groups (broad SMARTS) is 1. The van der Waals surface area contributed by atoms with Gasteiger partial charge in [-0.15, -0.1) is 0 Å². The summed E-state index contributed by atoms with van der Waals surface area (Å²) in [7, 11) is 4.86. The normalized spacial score (nSPS) is 18.3. The summed E-state index contributed by atoms with van der Waals surface area (Å²) in [6, 6.07) is 12.5. The Bertz CT molecular complexity index is 800. The van der Waals surface area contributed by atoms with E-state index in [0.29, 0.717) is 24.5 Å². The topological polar surface area (TPSA) is 68.2 Å². The van der Waals surface area contributed by atoms with E-state index in [2.05, 4.69) is 0 Å². The Hall–Kier alpha value is -2.73. The number of carbonyl (C=O) groups is 1. The second-order valence-electron chi connectivity index (χ2n) is 6.84. The van der Waals surface area contributed by atoms with Crippen LogP contribution in [0.4, 0.5) is 0 Å². The largest absolute Gasteiger partial charge is 0.497 e. The Labute approximate surface area is 165 Å². The molecule has 0 spiro atoms. The third-order valence-electron chi connectivity index (χ3n) is 5.31. The number of methoxy groups -OCH3 is 3. The first-order chi connectivity index (χ1) is 13.6. The first-order valence-electron chi connectivity index (χ1n) is 9.44. The van der Waals surface area contributed by atoms with Gasteiger partial charge in [0.15, 0.2) is 0 Å². The van der Waals surface area contributed by atoms with Crippen molar-refractivity contribution >= 4 is 5.97 Å². The van der Waals surface area contributed by atoms with Crippen LogP contribution in [0.2, 0.25) is 0 Å². The highest BCUT2D eigenvalue weighted by atomic mass is 16.5. The Morgan fingerprint density at radius 3 is 2.32 bits per heavy atom. The number of nitrogens with zero attached hydrogens (tertiary/aromatic N) is 1. The molecule has 1 aliphatic rings. The lowest BCUT2D eigenvalue weighted by molar-refractivity contribution is -0.145. The van der Waals surface area contributed by atoms with Gasteiger partial charge in [0.25, 0.3) is 0 Å². The lowest BCUT2D eigenvalue weighted by Crippen LogP contribution is -2.47. The monoisotopic (exact) mass is 385 g/mol. The lowest BCUT2D eigenvalue weighted by Gasteiger charge is -2.40. The fourth-order valence-electron chi connectivity index (χ4n) is 4.01. The molecule has 2 unspecified atom stereocenters. The van der Waals surface area contributed by atoms with E-state index < -0.39 is 12.0 Å². The Morgan fingerprint density at radius 2 is 1.71 bits per heavy atom. The number of hydrogen-bond donors (Lipinski definition) is 1. The van der Waals surface area contributed by atoms with Crippen molar-refractivity contribution in [2.24, 2.45) is 0 Å². The van der Waals surface area contributed by atoms with Crippen molar-refractivity contribution in [1.29, 1.82) is 0 Å². The summed E-state index contributed by atoms with van der Waals surface area (Å²) in [5.74, 6) is 1.26. The maximum Gasteiger partial charge on any atom is 0.320 e. The van der Waals surface area contributed by atoms with Gasteiger partial charge in [-0.05, 0) is 49.2 Å². The molecule has 150 valence electrons. The highest BCUT2D eigenvalue weighted by molar-refractivity contribution is 5.74. The maximum atomic E-state index is 12.0. The molecule has 0 aromatic heterocycles. The van der Waals surface area contributed by atoms with Crippen LogP contribution in [-0.4, -0.2) is 49.9 Å². The summed E-state index contributed by atoms with van der Waals surface area (Å²) in [6.45, 7) is 0.681. The molecule has 0 aliphatic carbocycles. The number of aliphatic carboxylic acids is 1. The van der Waals surface area contributed by atoms with Gasteiger partial charge in [-0.25, -0.2) is 0 Å². The SMILES string of the molecule is COc1cccc(C(c2c(OC)cccc2OC)N2CCCCC2C(=O)O)c1. The minimum atomic E-state index is -0.804. The van der Waals surface area contributed by atoms with Crippen molar-refractivity contribution in [3.05, 3.63) is 53.6 Å². The summed E-state index contributed by atoms with van der Waals surface area (Å²) >= 11 is 0. The van der Waals surface area contributed by atoms with Crippen LogP contribution < -0.4 is 14.2 Å². The quantitative estimate of drug-likeness (QED) is 0.783. The van der Waals surface area contributed by atoms with Crippen LogP contribution in [0.15, 0.2) is 42.5 Å². The lowest BCUT2D eigenvalue weighted by atomic mass is 9.90. The molecule has 3 rings (SSSR count). The van der Waals surface area contributed by atoms with Crippen LogP contribution in [0.5, 0.6) is 17.2 Å². The summed E-state index contributed by atoms with van der Waals surface area (Å²) in [6.07, 6.45) is 2.47. The predicted octanol–water partition coefficient (Wildman–Crippen LogP) is 3.74. The Balaban J connectivity index is 2.22. The van der Waals surface area contributed by atoms with Gasteiger partial charge in [-0.3, -0.25) is 9.69 Å². The Kier molecular flexibility index (Phi) is 6.41. The molecule has 28 heavy (non-hydrogen) atoms. The fourth-order valence-corrected chi connectivity index (χ4v) is 4.01. The second-order valence-corrected chi connectivity index (χ2v) is 6.84. The zero-order chi connectivity index (χ0) is 20.1. The Morgan fingerprint density at radius 1 is 1.04 bits per heavy atom. The van der Waals surface area contributed by atoms with Gasteiger partial charge < -0.3 is 19.3 Å². The van der Waals surface area contributed by atoms with Crippen molar-refractivity contribution < 1.29 is 24.1 Å². The van der Waals surface area contributed by atoms with Crippen LogP contribution in [0.3, 0.4) is 0 Å². The fraction of sp³-hybridized carbons (Fsp3) is 0.409. The van der Waals surface area contributed by atoms with E-state index in [1.165, 1.54) is 0 Å². The minimum absolute atomic E-state index is 0.331. The van der Waals surface area contributed by atoms with Gasteiger partial charge in [0.2, 0.25) is 0 Å². The number of benzene rings is 2. The van der Waals surface area contributed by atoms with E-state index in [1.54, 1.807) is 21.3 Å². The van der Waals surface area contributed by atoms with Crippen molar-refractivity contribution in [3.8, 4) is 17.2 Å². The number of ether oxygens (including phenoxy) is 3. The van der Waals surface area contributed by atoms with E-state index in [1.807, 2.05) is 47.4 Å². The molecule has 0 saturated carbocycles. The average molecular weight is 385 g/mol. The van der Waals surface area contributed by atoms with Gasteiger partial charge in [0, 0.05) is 0 Å². The molecule has 1 saturated heterocycles. The molecule has 1 heterocycles. The average Bonchev–Trinajstić information content (AvgIpc) is 2.74. The molecule has 6 nitrogen and oxygen atoms in total. The number of hydrogen-bond acceptors (Lipinski definition) is 5. The van der Waals surface area contributed by atoms with Gasteiger partial charge >= 0.3 is 5.97 Å². The third-order valence-corrected chi connectivity index (χ3v) is 5.31. The third kappa shape index (κ3) is 3.92. The van der Waals surface area contributed by atoms with Crippen molar-refractivity contribution in [2.45, 2.75) is 31.3 Å². The molecule has 0 radical (unpaired) electrons. The first kappa shape index (κ1) is 20.0. The standard InChI is InChI=1S/C22H27NO5/c1-26-16-9-6-8-15(14-16)21(23-13-5-4-10-17(23)22(24)25)20-18(27-2)11-7-12-19(20)28-3/h6-9,11-12,14,17,21H,4-5,10,13H2,1-3H3,(H,24,25). The van der Waals surface area contributed by atoms with Gasteiger partial charge in [-0.1, -0.05) is 24.6 Å². The number of likely N-dealkylation sites (tertiary alicyclic amines) is 1. The first-order valence-corrected chi connectivity index (χ1v) is 9.44. The minimum Gasteiger partial charge on any atom is -0.497 e. The molecule has 0 bridgehead atoms. The molecule has 6 heteroatoms. The molecular formula is C22H27NO5. The van der Waals surface area contributed by atoms with E-state index in [0.717, 1.165) is 29.7 Å². The summed E-state index contributed by atoms with van der Waals surface area (Å²) < 4.78 is 16.7. The molecule has 2 aromatic carbocycles. The summed E-state index contributed by atoms with van der Waals surface area (Å²) in [5, 5.41) is 9.88. The molecule has 2 atom stereocenters. The van der Waals surface area contributed by atoms with E-state index in [4.69, 9.17) is 14.2 Å². The summed E-state index contributed by atoms with van der Waals surface area (Å²) in [5.41, 5.74) is 1.77. The molecule has 1 N–H and O–H groups in total. The molecular weight excluding hydrogens is 358 g/mol. The zero-order valence-corrected chi connectivity index (χ0v) is 16.6. The number of piperidine rings is 1. The smallest absolute Gasteiger partial charge is 0.320 e. The van der Waals surface area contributed by atoms with Gasteiger partial charge in [0.05, 0.1) is 32.9 Å².